The number of nitrogens with one attached hydrogen (secondary N) is 1. The molecule has 0 aliphatic rings. The molecule has 112 valence electrons. The minimum atomic E-state index is -0.365. The lowest BCUT2D eigenvalue weighted by molar-refractivity contribution is -0.115. The van der Waals surface area contributed by atoms with E-state index in [-0.39, 0.29) is 11.2 Å². The molecular weight excluding hydrogens is 310 g/mol. The number of benzene rings is 1. The Morgan fingerprint density at radius 3 is 2.76 bits per heavy atom. The summed E-state index contributed by atoms with van der Waals surface area (Å²) in [5.74, 6) is 0.576. The third kappa shape index (κ3) is 3.92. The van der Waals surface area contributed by atoms with Crippen LogP contribution in [0.3, 0.4) is 0 Å². The number of amides is 1. The monoisotopic (exact) mass is 325 g/mol. The zero-order valence-corrected chi connectivity index (χ0v) is 13.5. The maximum Gasteiger partial charge on any atom is 0.256 e. The minimum Gasteiger partial charge on any atom is -0.437 e. The summed E-state index contributed by atoms with van der Waals surface area (Å²) in [4.78, 5) is 16.4. The van der Waals surface area contributed by atoms with Gasteiger partial charge < -0.3 is 15.5 Å². The summed E-state index contributed by atoms with van der Waals surface area (Å²) < 4.78 is 5.45. The molecule has 1 heterocycles. The van der Waals surface area contributed by atoms with Gasteiger partial charge in [-0.15, -0.1) is 0 Å². The molecule has 0 saturated heterocycles. The number of carbonyl (C=O) groups excluding carboxylic acids is 1. The largest absolute Gasteiger partial charge is 0.437 e. The first-order valence-corrected chi connectivity index (χ1v) is 7.59. The molecule has 2 rings (SSSR count). The number of nitrogens with two attached hydrogens (primary N) is 1. The molecule has 0 aliphatic carbocycles. The van der Waals surface area contributed by atoms with Crippen LogP contribution in [0.25, 0.3) is 0 Å². The molecule has 1 aromatic heterocycles. The van der Waals surface area contributed by atoms with Crippen LogP contribution < -0.4 is 11.1 Å². The Hall–Kier alpha value is -1.66. The van der Waals surface area contributed by atoms with Crippen LogP contribution in [-0.2, 0) is 4.79 Å². The zero-order valence-electron chi connectivity index (χ0n) is 11.9. The second-order valence-corrected chi connectivity index (χ2v) is 6.31. The van der Waals surface area contributed by atoms with Crippen LogP contribution in [0.1, 0.15) is 18.4 Å². The highest BCUT2D eigenvalue weighted by Crippen LogP contribution is 2.28. The lowest BCUT2D eigenvalue weighted by Crippen LogP contribution is -2.22. The van der Waals surface area contributed by atoms with Crippen molar-refractivity contribution < 1.29 is 9.21 Å². The van der Waals surface area contributed by atoms with E-state index in [2.05, 4.69) is 10.3 Å². The fourth-order valence-corrected chi connectivity index (χ4v) is 2.63. The number of rotatable bonds is 4. The number of hydrogen-bond donors (Lipinski definition) is 2. The molecule has 0 fully saturated rings. The summed E-state index contributed by atoms with van der Waals surface area (Å²) >= 11 is 7.29. The highest BCUT2D eigenvalue weighted by molar-refractivity contribution is 8.00. The van der Waals surface area contributed by atoms with Crippen LogP contribution >= 0.6 is 23.4 Å². The van der Waals surface area contributed by atoms with E-state index < -0.39 is 0 Å². The normalized spacial score (nSPS) is 12.2. The van der Waals surface area contributed by atoms with Crippen LogP contribution in [0.4, 0.5) is 11.4 Å². The van der Waals surface area contributed by atoms with Gasteiger partial charge in [0, 0.05) is 5.69 Å². The Morgan fingerprint density at radius 2 is 2.19 bits per heavy atom. The van der Waals surface area contributed by atoms with Crippen LogP contribution in [0, 0.1) is 13.8 Å². The first-order chi connectivity index (χ1) is 9.86. The van der Waals surface area contributed by atoms with E-state index in [0.29, 0.717) is 21.6 Å². The molecule has 1 amide bonds. The summed E-state index contributed by atoms with van der Waals surface area (Å²) in [5, 5.41) is 3.29. The number of thioether (sulfide) groups is 1. The maximum absolute atomic E-state index is 12.2. The molecular formula is C14H16ClN3O2S. The van der Waals surface area contributed by atoms with E-state index in [1.54, 1.807) is 25.1 Å². The van der Waals surface area contributed by atoms with Gasteiger partial charge in [-0.3, -0.25) is 4.79 Å². The summed E-state index contributed by atoms with van der Waals surface area (Å²) in [5.41, 5.74) is 7.52. The molecule has 1 aromatic carbocycles. The van der Waals surface area contributed by atoms with Crippen LogP contribution in [0.5, 0.6) is 0 Å². The smallest absolute Gasteiger partial charge is 0.256 e. The molecule has 0 spiro atoms. The molecule has 7 heteroatoms. The number of hydrogen-bond acceptors (Lipinski definition) is 5. The van der Waals surface area contributed by atoms with E-state index in [1.807, 2.05) is 13.8 Å². The predicted octanol–water partition coefficient (Wildman–Crippen LogP) is 3.65. The van der Waals surface area contributed by atoms with Gasteiger partial charge in [0.05, 0.1) is 21.7 Å². The van der Waals surface area contributed by atoms with Gasteiger partial charge in [0.2, 0.25) is 5.91 Å². The molecule has 1 atom stereocenters. The number of halogens is 1. The van der Waals surface area contributed by atoms with Gasteiger partial charge >= 0.3 is 0 Å². The molecule has 21 heavy (non-hydrogen) atoms. The third-order valence-electron chi connectivity index (χ3n) is 2.91. The van der Waals surface area contributed by atoms with E-state index in [9.17, 15) is 4.79 Å². The molecule has 0 saturated carbocycles. The van der Waals surface area contributed by atoms with Gasteiger partial charge in [-0.1, -0.05) is 23.4 Å². The number of nitrogen functional groups attached to an aromatic ring is 1. The number of oxazole rings is 1. The van der Waals surface area contributed by atoms with Crippen LogP contribution in [-0.4, -0.2) is 16.1 Å². The molecule has 5 nitrogen and oxygen atoms in total. The van der Waals surface area contributed by atoms with Crippen molar-refractivity contribution in [1.29, 1.82) is 0 Å². The van der Waals surface area contributed by atoms with Gasteiger partial charge in [0.25, 0.3) is 5.22 Å². The Kier molecular flexibility index (Phi) is 4.80. The average Bonchev–Trinajstić information content (AvgIpc) is 2.71. The van der Waals surface area contributed by atoms with Gasteiger partial charge in [0.1, 0.15) is 5.76 Å². The first-order valence-electron chi connectivity index (χ1n) is 6.33. The Morgan fingerprint density at radius 1 is 1.48 bits per heavy atom. The lowest BCUT2D eigenvalue weighted by Gasteiger charge is -2.11. The zero-order chi connectivity index (χ0) is 15.6. The SMILES string of the molecule is Cc1nc(SC(C)C(=O)Nc2ccc(N)cc2Cl)oc1C. The first kappa shape index (κ1) is 15.7. The van der Waals surface area contributed by atoms with Crippen molar-refractivity contribution in [2.75, 3.05) is 11.1 Å². The van der Waals surface area contributed by atoms with E-state index in [4.69, 9.17) is 21.8 Å². The number of anilines is 2. The highest BCUT2D eigenvalue weighted by atomic mass is 35.5. The summed E-state index contributed by atoms with van der Waals surface area (Å²) in [6.07, 6.45) is 0. The summed E-state index contributed by atoms with van der Waals surface area (Å²) in [6.45, 7) is 5.48. The van der Waals surface area contributed by atoms with Crippen molar-refractivity contribution in [3.05, 3.63) is 34.7 Å². The van der Waals surface area contributed by atoms with Crippen molar-refractivity contribution in [2.24, 2.45) is 0 Å². The van der Waals surface area contributed by atoms with Crippen molar-refractivity contribution in [2.45, 2.75) is 31.2 Å². The maximum atomic E-state index is 12.2. The fourth-order valence-electron chi connectivity index (χ4n) is 1.57. The standard InChI is InChI=1S/C14H16ClN3O2S/c1-7-8(2)20-14(17-7)21-9(3)13(19)18-12-5-4-10(16)6-11(12)15/h4-6,9H,16H2,1-3H3,(H,18,19). The summed E-state index contributed by atoms with van der Waals surface area (Å²) in [6, 6.07) is 4.95. The van der Waals surface area contributed by atoms with Gasteiger partial charge in [-0.2, -0.15) is 0 Å². The lowest BCUT2D eigenvalue weighted by atomic mass is 10.2. The van der Waals surface area contributed by atoms with Crippen molar-refractivity contribution in [1.82, 2.24) is 4.98 Å². The highest BCUT2D eigenvalue weighted by Gasteiger charge is 2.19. The van der Waals surface area contributed by atoms with E-state index in [0.717, 1.165) is 11.5 Å². The second-order valence-electron chi connectivity index (χ2n) is 4.61. The predicted molar refractivity (Wildman–Crippen MR) is 85.8 cm³/mol. The number of aromatic nitrogens is 1. The number of aryl methyl sites for hydroxylation is 2. The van der Waals surface area contributed by atoms with Crippen molar-refractivity contribution in [3.63, 3.8) is 0 Å². The Balaban J connectivity index is 2.02. The van der Waals surface area contributed by atoms with Crippen LogP contribution in [0.15, 0.2) is 27.8 Å². The van der Waals surface area contributed by atoms with Gasteiger partial charge in [-0.05, 0) is 39.0 Å². The van der Waals surface area contributed by atoms with E-state index >= 15 is 0 Å². The molecule has 3 N–H and O–H groups in total. The molecule has 0 radical (unpaired) electrons. The Labute approximate surface area is 132 Å². The van der Waals surface area contributed by atoms with Crippen LogP contribution in [0.2, 0.25) is 5.02 Å². The van der Waals surface area contributed by atoms with Crippen molar-refractivity contribution in [3.8, 4) is 0 Å². The van der Waals surface area contributed by atoms with Gasteiger partial charge in [-0.25, -0.2) is 4.98 Å². The van der Waals surface area contributed by atoms with Gasteiger partial charge in [0.15, 0.2) is 0 Å². The molecule has 0 aliphatic heterocycles. The topological polar surface area (TPSA) is 81.2 Å². The number of nitrogens with zero attached hydrogens (tertiary/aromatic N) is 1. The number of carbonyl (C=O) groups is 1. The van der Waals surface area contributed by atoms with E-state index in [1.165, 1.54) is 11.8 Å². The quantitative estimate of drug-likeness (QED) is 0.662. The summed E-state index contributed by atoms with van der Waals surface area (Å²) in [7, 11) is 0. The Bertz CT molecular complexity index is 653. The molecule has 1 unspecified atom stereocenters. The second kappa shape index (κ2) is 6.41. The molecule has 0 bridgehead atoms. The average molecular weight is 326 g/mol. The molecule has 2 aromatic rings. The fraction of sp³-hybridized carbons (Fsp3) is 0.286. The minimum absolute atomic E-state index is 0.180. The third-order valence-corrected chi connectivity index (χ3v) is 4.16. The van der Waals surface area contributed by atoms with Crippen molar-refractivity contribution >= 4 is 40.6 Å².